The van der Waals surface area contributed by atoms with Crippen LogP contribution in [0.1, 0.15) is 49.9 Å². The van der Waals surface area contributed by atoms with Crippen LogP contribution in [0.3, 0.4) is 0 Å². The summed E-state index contributed by atoms with van der Waals surface area (Å²) in [5, 5.41) is 3.20. The molecule has 1 aromatic rings. The molecule has 0 bridgehead atoms. The Bertz CT molecular complexity index is 631. The van der Waals surface area contributed by atoms with Crippen LogP contribution in [-0.4, -0.2) is 59.0 Å². The molecule has 2 aliphatic heterocycles. The number of likely N-dealkylation sites (tertiary alicyclic amines) is 1. The molecule has 6 heteroatoms. The molecule has 1 amide bonds. The molecule has 142 valence electrons. The number of amides is 1. The van der Waals surface area contributed by atoms with Crippen molar-refractivity contribution in [3.63, 3.8) is 0 Å². The fourth-order valence-electron chi connectivity index (χ4n) is 4.38. The van der Waals surface area contributed by atoms with Gasteiger partial charge < -0.3 is 10.2 Å². The van der Waals surface area contributed by atoms with Crippen molar-refractivity contribution in [2.24, 2.45) is 5.92 Å². The summed E-state index contributed by atoms with van der Waals surface area (Å²) in [6.45, 7) is 8.14. The Kier molecular flexibility index (Phi) is 5.11. The number of nitrogens with one attached hydrogen (secondary N) is 1. The molecule has 1 aromatic heterocycles. The van der Waals surface area contributed by atoms with Crippen molar-refractivity contribution in [1.29, 1.82) is 0 Å². The standard InChI is InChI=1S/C20H31N5O/c1-14-12-15(2)22-20(21-14)24-10-7-18(8-11-24)25-9-3-4-16(13-25)19(26)23-17-5-6-17/h12,16-18H,3-11,13H2,1-2H3,(H,23,26)/t16-/m1/s1. The minimum Gasteiger partial charge on any atom is -0.353 e. The fraction of sp³-hybridized carbons (Fsp3) is 0.750. The van der Waals surface area contributed by atoms with E-state index in [0.717, 1.165) is 69.2 Å². The SMILES string of the molecule is Cc1cc(C)nc(N2CCC(N3CCC[C@@H](C(=O)NC4CC4)C3)CC2)n1. The van der Waals surface area contributed by atoms with E-state index in [1.54, 1.807) is 0 Å². The highest BCUT2D eigenvalue weighted by Gasteiger charge is 2.34. The van der Waals surface area contributed by atoms with E-state index in [4.69, 9.17) is 0 Å². The number of rotatable bonds is 4. The normalized spacial score (nSPS) is 25.3. The molecule has 0 radical (unpaired) electrons. The first-order chi connectivity index (χ1) is 12.6. The average molecular weight is 358 g/mol. The summed E-state index contributed by atoms with van der Waals surface area (Å²) in [5.41, 5.74) is 2.07. The first-order valence-electron chi connectivity index (χ1n) is 10.2. The van der Waals surface area contributed by atoms with Crippen LogP contribution in [0, 0.1) is 19.8 Å². The third kappa shape index (κ3) is 4.17. The fourth-order valence-corrected chi connectivity index (χ4v) is 4.38. The predicted molar refractivity (Wildman–Crippen MR) is 102 cm³/mol. The number of carbonyl (C=O) groups is 1. The monoisotopic (exact) mass is 357 g/mol. The van der Waals surface area contributed by atoms with Crippen LogP contribution in [0.2, 0.25) is 0 Å². The van der Waals surface area contributed by atoms with Crippen molar-refractivity contribution < 1.29 is 4.79 Å². The molecule has 1 atom stereocenters. The van der Waals surface area contributed by atoms with Crippen molar-refractivity contribution in [2.45, 2.75) is 64.5 Å². The minimum absolute atomic E-state index is 0.185. The molecule has 3 fully saturated rings. The quantitative estimate of drug-likeness (QED) is 0.894. The van der Waals surface area contributed by atoms with Crippen LogP contribution < -0.4 is 10.2 Å². The maximum atomic E-state index is 12.4. The van der Waals surface area contributed by atoms with Gasteiger partial charge in [-0.1, -0.05) is 0 Å². The zero-order chi connectivity index (χ0) is 18.1. The zero-order valence-electron chi connectivity index (χ0n) is 16.1. The molecule has 6 nitrogen and oxygen atoms in total. The highest BCUT2D eigenvalue weighted by molar-refractivity contribution is 5.79. The Hall–Kier alpha value is -1.69. The van der Waals surface area contributed by atoms with E-state index in [1.807, 2.05) is 19.9 Å². The maximum absolute atomic E-state index is 12.4. The summed E-state index contributed by atoms with van der Waals surface area (Å²) < 4.78 is 0. The van der Waals surface area contributed by atoms with Crippen LogP contribution in [0.15, 0.2) is 6.07 Å². The Morgan fingerprint density at radius 1 is 1.04 bits per heavy atom. The summed E-state index contributed by atoms with van der Waals surface area (Å²) in [6.07, 6.45) is 6.79. The van der Waals surface area contributed by atoms with Gasteiger partial charge in [0, 0.05) is 43.1 Å². The van der Waals surface area contributed by atoms with Crippen LogP contribution in [-0.2, 0) is 4.79 Å². The molecule has 1 saturated carbocycles. The number of hydrogen-bond acceptors (Lipinski definition) is 5. The topological polar surface area (TPSA) is 61.4 Å². The lowest BCUT2D eigenvalue weighted by Crippen LogP contribution is -2.51. The van der Waals surface area contributed by atoms with Crippen molar-refractivity contribution in [3.8, 4) is 0 Å². The van der Waals surface area contributed by atoms with E-state index in [2.05, 4.69) is 25.1 Å². The summed E-state index contributed by atoms with van der Waals surface area (Å²) >= 11 is 0. The number of hydrogen-bond donors (Lipinski definition) is 1. The van der Waals surface area contributed by atoms with Gasteiger partial charge in [-0.3, -0.25) is 9.69 Å². The molecule has 2 saturated heterocycles. The van der Waals surface area contributed by atoms with Crippen LogP contribution in [0.25, 0.3) is 0 Å². The van der Waals surface area contributed by atoms with Gasteiger partial charge in [0.15, 0.2) is 0 Å². The van der Waals surface area contributed by atoms with Crippen LogP contribution in [0.4, 0.5) is 5.95 Å². The second-order valence-electron chi connectivity index (χ2n) is 8.29. The molecule has 3 aliphatic rings. The van der Waals surface area contributed by atoms with Crippen molar-refractivity contribution in [1.82, 2.24) is 20.2 Å². The van der Waals surface area contributed by atoms with E-state index in [9.17, 15) is 4.79 Å². The summed E-state index contributed by atoms with van der Waals surface area (Å²) in [5.74, 6) is 1.35. The second-order valence-corrected chi connectivity index (χ2v) is 8.29. The first kappa shape index (κ1) is 17.7. The van der Waals surface area contributed by atoms with E-state index in [0.29, 0.717) is 18.0 Å². The third-order valence-electron chi connectivity index (χ3n) is 5.98. The summed E-state index contributed by atoms with van der Waals surface area (Å²) in [4.78, 5) is 26.5. The number of aromatic nitrogens is 2. The first-order valence-corrected chi connectivity index (χ1v) is 10.2. The molecular weight excluding hydrogens is 326 g/mol. The van der Waals surface area contributed by atoms with Gasteiger partial charge >= 0.3 is 0 Å². The largest absolute Gasteiger partial charge is 0.353 e. The number of nitrogens with zero attached hydrogens (tertiary/aromatic N) is 4. The molecule has 1 aliphatic carbocycles. The Morgan fingerprint density at radius 3 is 2.38 bits per heavy atom. The van der Waals surface area contributed by atoms with E-state index in [-0.39, 0.29) is 5.92 Å². The predicted octanol–water partition coefficient (Wildman–Crippen LogP) is 2.05. The van der Waals surface area contributed by atoms with Crippen LogP contribution >= 0.6 is 0 Å². The Morgan fingerprint density at radius 2 is 1.73 bits per heavy atom. The molecule has 0 spiro atoms. The van der Waals surface area contributed by atoms with Gasteiger partial charge in [-0.2, -0.15) is 0 Å². The molecule has 3 heterocycles. The number of piperidine rings is 2. The molecule has 26 heavy (non-hydrogen) atoms. The van der Waals surface area contributed by atoms with E-state index in [1.165, 1.54) is 12.8 Å². The molecule has 4 rings (SSSR count). The highest BCUT2D eigenvalue weighted by atomic mass is 16.2. The van der Waals surface area contributed by atoms with E-state index < -0.39 is 0 Å². The van der Waals surface area contributed by atoms with Crippen LogP contribution in [0.5, 0.6) is 0 Å². The van der Waals surface area contributed by atoms with Gasteiger partial charge in [0.05, 0.1) is 5.92 Å². The Labute approximate surface area is 156 Å². The molecule has 0 aromatic carbocycles. The number of carbonyl (C=O) groups excluding carboxylic acids is 1. The molecule has 0 unspecified atom stereocenters. The van der Waals surface area contributed by atoms with Gasteiger partial charge in [0.1, 0.15) is 0 Å². The van der Waals surface area contributed by atoms with Crippen molar-refractivity contribution in [3.05, 3.63) is 17.5 Å². The third-order valence-corrected chi connectivity index (χ3v) is 5.98. The van der Waals surface area contributed by atoms with Crippen molar-refractivity contribution in [2.75, 3.05) is 31.1 Å². The highest BCUT2D eigenvalue weighted by Crippen LogP contribution is 2.26. The molecular formula is C20H31N5O. The summed E-state index contributed by atoms with van der Waals surface area (Å²) in [6, 6.07) is 3.09. The lowest BCUT2D eigenvalue weighted by Gasteiger charge is -2.42. The van der Waals surface area contributed by atoms with E-state index >= 15 is 0 Å². The van der Waals surface area contributed by atoms with Gasteiger partial charge in [0.2, 0.25) is 11.9 Å². The maximum Gasteiger partial charge on any atom is 0.225 e. The summed E-state index contributed by atoms with van der Waals surface area (Å²) in [7, 11) is 0. The van der Waals surface area contributed by atoms with Crippen molar-refractivity contribution >= 4 is 11.9 Å². The average Bonchev–Trinajstić information content (AvgIpc) is 3.45. The minimum atomic E-state index is 0.185. The number of aryl methyl sites for hydroxylation is 2. The lowest BCUT2D eigenvalue weighted by molar-refractivity contribution is -0.127. The smallest absolute Gasteiger partial charge is 0.225 e. The molecule has 1 N–H and O–H groups in total. The number of anilines is 1. The second kappa shape index (κ2) is 7.51. The Balaban J connectivity index is 1.31. The van der Waals surface area contributed by atoms with Gasteiger partial charge in [-0.15, -0.1) is 0 Å². The van der Waals surface area contributed by atoms with Gasteiger partial charge in [-0.25, -0.2) is 9.97 Å². The zero-order valence-corrected chi connectivity index (χ0v) is 16.1. The van der Waals surface area contributed by atoms with Gasteiger partial charge in [-0.05, 0) is 65.0 Å². The van der Waals surface area contributed by atoms with Gasteiger partial charge in [0.25, 0.3) is 0 Å². The lowest BCUT2D eigenvalue weighted by atomic mass is 9.93.